The minimum absolute atomic E-state index is 0.249. The van der Waals surface area contributed by atoms with Gasteiger partial charge in [-0.1, -0.05) is 30.3 Å². The number of carbonyl (C=O) groups excluding carboxylic acids is 1. The summed E-state index contributed by atoms with van der Waals surface area (Å²) in [5.74, 6) is -0.257. The molecule has 0 aliphatic rings. The monoisotopic (exact) mass is 272 g/mol. The summed E-state index contributed by atoms with van der Waals surface area (Å²) in [7, 11) is 0. The molecule has 1 aromatic carbocycles. The number of nitrogens with two attached hydrogens (primary N) is 1. The summed E-state index contributed by atoms with van der Waals surface area (Å²) < 4.78 is 1.78. The number of hydrogen-bond acceptors (Lipinski definition) is 3. The molecule has 20 heavy (non-hydrogen) atoms. The highest BCUT2D eigenvalue weighted by Gasteiger charge is 2.30. The molecule has 1 amide bonds. The fourth-order valence-corrected chi connectivity index (χ4v) is 1.86. The number of aromatic nitrogens is 2. The highest BCUT2D eigenvalue weighted by molar-refractivity contribution is 5.98. The quantitative estimate of drug-likeness (QED) is 0.896. The van der Waals surface area contributed by atoms with Gasteiger partial charge in [-0.15, -0.1) is 0 Å². The summed E-state index contributed by atoms with van der Waals surface area (Å²) in [5, 5.41) is 6.99. The third-order valence-electron chi connectivity index (χ3n) is 3.23. The second kappa shape index (κ2) is 5.46. The molecule has 0 fully saturated rings. The van der Waals surface area contributed by atoms with E-state index in [0.29, 0.717) is 5.69 Å². The van der Waals surface area contributed by atoms with Crippen molar-refractivity contribution in [3.05, 3.63) is 48.3 Å². The van der Waals surface area contributed by atoms with Gasteiger partial charge in [0, 0.05) is 12.2 Å². The van der Waals surface area contributed by atoms with E-state index in [1.165, 1.54) is 0 Å². The maximum absolute atomic E-state index is 12.3. The van der Waals surface area contributed by atoms with Crippen LogP contribution in [0.1, 0.15) is 32.4 Å². The minimum atomic E-state index is -1.08. The fraction of sp³-hybridized carbons (Fsp3) is 0.333. The number of rotatable bonds is 4. The highest BCUT2D eigenvalue weighted by atomic mass is 16.2. The van der Waals surface area contributed by atoms with Crippen molar-refractivity contribution in [2.45, 2.75) is 32.4 Å². The Labute approximate surface area is 118 Å². The zero-order valence-corrected chi connectivity index (χ0v) is 12.0. The van der Waals surface area contributed by atoms with Gasteiger partial charge in [0.2, 0.25) is 5.91 Å². The van der Waals surface area contributed by atoms with Crippen molar-refractivity contribution in [3.63, 3.8) is 0 Å². The van der Waals surface area contributed by atoms with Crippen LogP contribution in [0.4, 0.5) is 5.69 Å². The van der Waals surface area contributed by atoms with Crippen molar-refractivity contribution in [2.75, 3.05) is 5.32 Å². The van der Waals surface area contributed by atoms with Crippen molar-refractivity contribution in [2.24, 2.45) is 5.73 Å². The SMILES string of the molecule is CC(C)n1cc(NC(=O)C(C)(N)c2ccccc2)cn1. The third kappa shape index (κ3) is 2.88. The Kier molecular flexibility index (Phi) is 3.90. The molecule has 5 nitrogen and oxygen atoms in total. The summed E-state index contributed by atoms with van der Waals surface area (Å²) in [5.41, 5.74) is 6.50. The van der Waals surface area contributed by atoms with Gasteiger partial charge >= 0.3 is 0 Å². The molecule has 0 saturated carbocycles. The average Bonchev–Trinajstić information content (AvgIpc) is 2.88. The van der Waals surface area contributed by atoms with Crippen LogP contribution >= 0.6 is 0 Å². The zero-order valence-electron chi connectivity index (χ0n) is 12.0. The predicted molar refractivity (Wildman–Crippen MR) is 79.2 cm³/mol. The molecule has 0 spiro atoms. The van der Waals surface area contributed by atoms with E-state index in [1.807, 2.05) is 44.2 Å². The number of benzene rings is 1. The van der Waals surface area contributed by atoms with Gasteiger partial charge in [-0.2, -0.15) is 5.10 Å². The first kappa shape index (κ1) is 14.3. The molecule has 1 unspecified atom stereocenters. The normalized spacial score (nSPS) is 14.1. The first-order valence-corrected chi connectivity index (χ1v) is 6.61. The molecule has 2 rings (SSSR count). The smallest absolute Gasteiger partial charge is 0.248 e. The Hall–Kier alpha value is -2.14. The van der Waals surface area contributed by atoms with E-state index in [4.69, 9.17) is 5.73 Å². The molecule has 1 atom stereocenters. The lowest BCUT2D eigenvalue weighted by molar-refractivity contribution is -0.120. The molecule has 5 heteroatoms. The first-order valence-electron chi connectivity index (χ1n) is 6.61. The number of amides is 1. The second-order valence-corrected chi connectivity index (χ2v) is 5.33. The van der Waals surface area contributed by atoms with E-state index < -0.39 is 5.54 Å². The van der Waals surface area contributed by atoms with Crippen LogP contribution in [0.25, 0.3) is 0 Å². The van der Waals surface area contributed by atoms with Gasteiger partial charge in [-0.05, 0) is 26.3 Å². The van der Waals surface area contributed by atoms with E-state index >= 15 is 0 Å². The van der Waals surface area contributed by atoms with Crippen LogP contribution in [0.15, 0.2) is 42.7 Å². The van der Waals surface area contributed by atoms with Crippen LogP contribution in [0.3, 0.4) is 0 Å². The fourth-order valence-electron chi connectivity index (χ4n) is 1.86. The summed E-state index contributed by atoms with van der Waals surface area (Å²) >= 11 is 0. The van der Waals surface area contributed by atoms with Gasteiger partial charge in [-0.25, -0.2) is 0 Å². The highest BCUT2D eigenvalue weighted by Crippen LogP contribution is 2.20. The van der Waals surface area contributed by atoms with Crippen LogP contribution in [0, 0.1) is 0 Å². The molecule has 0 bridgehead atoms. The lowest BCUT2D eigenvalue weighted by Crippen LogP contribution is -2.45. The molecule has 106 valence electrons. The van der Waals surface area contributed by atoms with Crippen molar-refractivity contribution < 1.29 is 4.79 Å². The lowest BCUT2D eigenvalue weighted by Gasteiger charge is -2.23. The molecule has 1 aromatic heterocycles. The van der Waals surface area contributed by atoms with E-state index in [0.717, 1.165) is 5.56 Å². The number of anilines is 1. The third-order valence-corrected chi connectivity index (χ3v) is 3.23. The van der Waals surface area contributed by atoms with Crippen LogP contribution in [0.5, 0.6) is 0 Å². The molecule has 0 aliphatic heterocycles. The topological polar surface area (TPSA) is 72.9 Å². The van der Waals surface area contributed by atoms with Crippen molar-refractivity contribution >= 4 is 11.6 Å². The van der Waals surface area contributed by atoms with E-state index in [2.05, 4.69) is 10.4 Å². The molecule has 3 N–H and O–H groups in total. The van der Waals surface area contributed by atoms with E-state index in [1.54, 1.807) is 24.0 Å². The molecule has 2 aromatic rings. The van der Waals surface area contributed by atoms with Crippen LogP contribution in [-0.4, -0.2) is 15.7 Å². The predicted octanol–water partition coefficient (Wildman–Crippen LogP) is 2.28. The average molecular weight is 272 g/mol. The Morgan fingerprint density at radius 2 is 2.00 bits per heavy atom. The van der Waals surface area contributed by atoms with Crippen LogP contribution in [0.2, 0.25) is 0 Å². The maximum atomic E-state index is 12.3. The number of nitrogens with zero attached hydrogens (tertiary/aromatic N) is 2. The van der Waals surface area contributed by atoms with Gasteiger partial charge < -0.3 is 11.1 Å². The molecule has 0 radical (unpaired) electrons. The lowest BCUT2D eigenvalue weighted by atomic mass is 9.92. The number of nitrogens with one attached hydrogen (secondary N) is 1. The van der Waals surface area contributed by atoms with Crippen molar-refractivity contribution in [1.82, 2.24) is 9.78 Å². The largest absolute Gasteiger partial charge is 0.322 e. The number of carbonyl (C=O) groups is 1. The molecular formula is C15H20N4O. The maximum Gasteiger partial charge on any atom is 0.248 e. The Bertz CT molecular complexity index is 587. The zero-order chi connectivity index (χ0) is 14.8. The summed E-state index contributed by atoms with van der Waals surface area (Å²) in [6, 6.07) is 9.56. The van der Waals surface area contributed by atoms with Crippen molar-refractivity contribution in [1.29, 1.82) is 0 Å². The molecule has 0 aliphatic carbocycles. The first-order chi connectivity index (χ1) is 9.41. The van der Waals surface area contributed by atoms with Gasteiger partial charge in [0.1, 0.15) is 5.54 Å². The van der Waals surface area contributed by atoms with E-state index in [9.17, 15) is 4.79 Å². The molecule has 0 saturated heterocycles. The van der Waals surface area contributed by atoms with Crippen molar-refractivity contribution in [3.8, 4) is 0 Å². The Balaban J connectivity index is 2.14. The van der Waals surface area contributed by atoms with Gasteiger partial charge in [0.05, 0.1) is 11.9 Å². The molecule has 1 heterocycles. The summed E-state index contributed by atoms with van der Waals surface area (Å²) in [6.45, 7) is 5.75. The summed E-state index contributed by atoms with van der Waals surface area (Å²) in [4.78, 5) is 12.3. The van der Waals surface area contributed by atoms with E-state index in [-0.39, 0.29) is 11.9 Å². The van der Waals surface area contributed by atoms with Gasteiger partial charge in [0.25, 0.3) is 0 Å². The Morgan fingerprint density at radius 3 is 2.55 bits per heavy atom. The minimum Gasteiger partial charge on any atom is -0.322 e. The van der Waals surface area contributed by atoms with Gasteiger partial charge in [0.15, 0.2) is 0 Å². The summed E-state index contributed by atoms with van der Waals surface area (Å²) in [6.07, 6.45) is 3.42. The second-order valence-electron chi connectivity index (χ2n) is 5.33. The molecular weight excluding hydrogens is 252 g/mol. The van der Waals surface area contributed by atoms with Crippen LogP contribution < -0.4 is 11.1 Å². The Morgan fingerprint density at radius 1 is 1.35 bits per heavy atom. The van der Waals surface area contributed by atoms with Gasteiger partial charge in [-0.3, -0.25) is 9.48 Å². The number of hydrogen-bond donors (Lipinski definition) is 2. The van der Waals surface area contributed by atoms with Crippen LogP contribution in [-0.2, 0) is 10.3 Å². The standard InChI is InChI=1S/C15H20N4O/c1-11(2)19-10-13(9-17-19)18-14(20)15(3,16)12-7-5-4-6-8-12/h4-11H,16H2,1-3H3,(H,18,20).